The van der Waals surface area contributed by atoms with E-state index in [9.17, 15) is 28.5 Å². The lowest BCUT2D eigenvalue weighted by molar-refractivity contribution is -0.385. The number of anilines is 1. The van der Waals surface area contributed by atoms with Crippen LogP contribution in [0.3, 0.4) is 0 Å². The number of para-hydroxylation sites is 1. The van der Waals surface area contributed by atoms with Crippen molar-refractivity contribution in [2.45, 2.75) is 18.6 Å². The molecule has 0 saturated carbocycles. The highest BCUT2D eigenvalue weighted by Gasteiger charge is 2.19. The number of nitrogens with zero attached hydrogens (tertiary/aromatic N) is 4. The van der Waals surface area contributed by atoms with Crippen molar-refractivity contribution in [2.24, 2.45) is 0 Å². The number of nitro benzene ring substituents is 1. The highest BCUT2D eigenvalue weighted by Crippen LogP contribution is 2.24. The van der Waals surface area contributed by atoms with E-state index >= 15 is 0 Å². The zero-order chi connectivity index (χ0) is 27.2. The van der Waals surface area contributed by atoms with Gasteiger partial charge in [-0.3, -0.25) is 24.3 Å². The smallest absolute Gasteiger partial charge is 0.273 e. The fourth-order valence-electron chi connectivity index (χ4n) is 3.45. The first-order valence-electron chi connectivity index (χ1n) is 11.1. The zero-order valence-electron chi connectivity index (χ0n) is 19.9. The number of aryl methyl sites for hydroxylation is 1. The molecule has 0 aliphatic carbocycles. The lowest BCUT2D eigenvalue weighted by atomic mass is 10.1. The number of hydrogen-bond acceptors (Lipinski definition) is 7. The summed E-state index contributed by atoms with van der Waals surface area (Å²) in [6.45, 7) is 1.45. The lowest BCUT2D eigenvalue weighted by Crippen LogP contribution is -2.25. The topological polar surface area (TPSA) is 132 Å². The van der Waals surface area contributed by atoms with Crippen molar-refractivity contribution in [3.05, 3.63) is 105 Å². The van der Waals surface area contributed by atoms with E-state index in [-0.39, 0.29) is 40.2 Å². The normalized spacial score (nSPS) is 10.7. The Hall–Kier alpha value is -4.65. The average Bonchev–Trinajstić information content (AvgIpc) is 3.30. The van der Waals surface area contributed by atoms with E-state index in [0.717, 1.165) is 11.8 Å². The summed E-state index contributed by atoms with van der Waals surface area (Å²) < 4.78 is 28.9. The van der Waals surface area contributed by atoms with Gasteiger partial charge < -0.3 is 10.6 Å². The number of carbonyl (C=O) groups excluding carboxylic acids is 2. The maximum atomic E-state index is 13.8. The zero-order valence-corrected chi connectivity index (χ0v) is 20.7. The largest absolute Gasteiger partial charge is 0.345 e. The summed E-state index contributed by atoms with van der Waals surface area (Å²) in [6.07, 6.45) is 0. The van der Waals surface area contributed by atoms with Crippen molar-refractivity contribution in [1.29, 1.82) is 0 Å². The predicted octanol–water partition coefficient (Wildman–Crippen LogP) is 4.42. The third-order valence-corrected chi connectivity index (χ3v) is 6.27. The average molecular weight is 539 g/mol. The predicted molar refractivity (Wildman–Crippen MR) is 136 cm³/mol. The molecule has 13 heteroatoms. The Morgan fingerprint density at radius 2 is 1.79 bits per heavy atom. The van der Waals surface area contributed by atoms with Crippen LogP contribution in [0.15, 0.2) is 71.9 Å². The van der Waals surface area contributed by atoms with Crippen LogP contribution in [-0.2, 0) is 11.3 Å². The van der Waals surface area contributed by atoms with Crippen molar-refractivity contribution in [1.82, 2.24) is 20.1 Å². The second-order valence-corrected chi connectivity index (χ2v) is 8.91. The van der Waals surface area contributed by atoms with Crippen LogP contribution in [0.25, 0.3) is 5.69 Å². The molecule has 1 aromatic heterocycles. The van der Waals surface area contributed by atoms with Gasteiger partial charge in [0.1, 0.15) is 11.6 Å². The minimum atomic E-state index is -0.572. The molecular weight excluding hydrogens is 518 g/mol. The first kappa shape index (κ1) is 26.4. The Labute approximate surface area is 219 Å². The van der Waals surface area contributed by atoms with E-state index < -0.39 is 28.4 Å². The van der Waals surface area contributed by atoms with Gasteiger partial charge in [-0.25, -0.2) is 8.78 Å². The fourth-order valence-corrected chi connectivity index (χ4v) is 4.22. The van der Waals surface area contributed by atoms with Crippen molar-refractivity contribution >= 4 is 35.0 Å². The molecule has 3 aromatic carbocycles. The first-order valence-corrected chi connectivity index (χ1v) is 12.1. The molecular formula is C25H20F2N6O4S. The molecule has 0 unspecified atom stereocenters. The minimum Gasteiger partial charge on any atom is -0.345 e. The molecule has 194 valence electrons. The second kappa shape index (κ2) is 11.6. The van der Waals surface area contributed by atoms with E-state index in [1.54, 1.807) is 17.6 Å². The van der Waals surface area contributed by atoms with Crippen LogP contribution in [0.1, 0.15) is 21.7 Å². The highest BCUT2D eigenvalue weighted by atomic mass is 32.2. The molecule has 4 aromatic rings. The molecule has 0 fully saturated rings. The van der Waals surface area contributed by atoms with Gasteiger partial charge in [0.2, 0.25) is 5.91 Å². The Kier molecular flexibility index (Phi) is 8.06. The Bertz CT molecular complexity index is 1510. The van der Waals surface area contributed by atoms with Crippen molar-refractivity contribution in [3.8, 4) is 5.69 Å². The summed E-state index contributed by atoms with van der Waals surface area (Å²) in [5.41, 5.74) is 0.846. The summed E-state index contributed by atoms with van der Waals surface area (Å²) in [6, 6.07) is 15.3. The van der Waals surface area contributed by atoms with Crippen LogP contribution < -0.4 is 10.6 Å². The van der Waals surface area contributed by atoms with E-state index in [1.165, 1.54) is 60.7 Å². The number of halogens is 2. The third kappa shape index (κ3) is 6.18. The molecule has 38 heavy (non-hydrogen) atoms. The number of hydrogen-bond donors (Lipinski definition) is 2. The molecule has 0 bridgehead atoms. The van der Waals surface area contributed by atoms with E-state index in [0.29, 0.717) is 11.3 Å². The van der Waals surface area contributed by atoms with Crippen molar-refractivity contribution in [2.75, 3.05) is 11.1 Å². The quantitative estimate of drug-likeness (QED) is 0.183. The molecule has 2 N–H and O–H groups in total. The number of thioether (sulfide) groups is 1. The molecule has 0 saturated heterocycles. The fraction of sp³-hybridized carbons (Fsp3) is 0.120. The second-order valence-electron chi connectivity index (χ2n) is 7.97. The van der Waals surface area contributed by atoms with Crippen molar-refractivity contribution < 1.29 is 23.3 Å². The molecule has 0 aliphatic heterocycles. The molecule has 0 spiro atoms. The van der Waals surface area contributed by atoms with Gasteiger partial charge in [-0.2, -0.15) is 0 Å². The van der Waals surface area contributed by atoms with Crippen LogP contribution in [0.5, 0.6) is 0 Å². The summed E-state index contributed by atoms with van der Waals surface area (Å²) in [5.74, 6) is -1.95. The van der Waals surface area contributed by atoms with Gasteiger partial charge in [-0.1, -0.05) is 30.0 Å². The molecule has 1 heterocycles. The van der Waals surface area contributed by atoms with Gasteiger partial charge in [-0.05, 0) is 49.4 Å². The van der Waals surface area contributed by atoms with E-state index in [2.05, 4.69) is 20.8 Å². The number of carbonyl (C=O) groups is 2. The van der Waals surface area contributed by atoms with Gasteiger partial charge in [0.15, 0.2) is 11.0 Å². The molecule has 10 nitrogen and oxygen atoms in total. The molecule has 2 amide bonds. The van der Waals surface area contributed by atoms with Crippen LogP contribution in [0.2, 0.25) is 0 Å². The molecule has 4 rings (SSSR count). The van der Waals surface area contributed by atoms with E-state index in [1.807, 2.05) is 0 Å². The Morgan fingerprint density at radius 3 is 2.50 bits per heavy atom. The van der Waals surface area contributed by atoms with Gasteiger partial charge in [0.05, 0.1) is 22.9 Å². The van der Waals surface area contributed by atoms with Gasteiger partial charge in [0.25, 0.3) is 11.6 Å². The van der Waals surface area contributed by atoms with Gasteiger partial charge >= 0.3 is 0 Å². The molecule has 0 radical (unpaired) electrons. The van der Waals surface area contributed by atoms with Crippen LogP contribution in [0, 0.1) is 28.7 Å². The molecule has 0 aliphatic rings. The van der Waals surface area contributed by atoms with Gasteiger partial charge in [0, 0.05) is 22.9 Å². The summed E-state index contributed by atoms with van der Waals surface area (Å²) >= 11 is 1.01. The minimum absolute atomic E-state index is 0.0397. The Balaban J connectivity index is 1.52. The lowest BCUT2D eigenvalue weighted by Gasteiger charge is -2.11. The van der Waals surface area contributed by atoms with E-state index in [4.69, 9.17) is 0 Å². The van der Waals surface area contributed by atoms with Gasteiger partial charge in [-0.15, -0.1) is 10.2 Å². The van der Waals surface area contributed by atoms with Crippen LogP contribution in [-0.4, -0.2) is 37.3 Å². The maximum Gasteiger partial charge on any atom is 0.273 e. The monoisotopic (exact) mass is 538 g/mol. The summed E-state index contributed by atoms with van der Waals surface area (Å²) in [7, 11) is 0. The standard InChI is InChI=1S/C25H20F2N6O4S/c1-15-6-7-16(12-21(15)33(36)37)24(35)28-13-22-30-31-25(32(22)18-10-8-17(26)9-11-18)38-14-23(34)29-20-5-3-2-4-19(20)27/h2-12H,13-14H2,1H3,(H,28,35)(H,29,34). The Morgan fingerprint density at radius 1 is 1.05 bits per heavy atom. The number of nitrogens with one attached hydrogen (secondary N) is 2. The van der Waals surface area contributed by atoms with Crippen LogP contribution >= 0.6 is 11.8 Å². The summed E-state index contributed by atoms with van der Waals surface area (Å²) in [4.78, 5) is 35.7. The van der Waals surface area contributed by atoms with Crippen LogP contribution in [0.4, 0.5) is 20.2 Å². The summed E-state index contributed by atoms with van der Waals surface area (Å²) in [5, 5.41) is 24.8. The first-order chi connectivity index (χ1) is 18.2. The number of amides is 2. The third-order valence-electron chi connectivity index (χ3n) is 5.34. The highest BCUT2D eigenvalue weighted by molar-refractivity contribution is 7.99. The number of benzene rings is 3. The number of nitro groups is 1. The SMILES string of the molecule is Cc1ccc(C(=O)NCc2nnc(SCC(=O)Nc3ccccc3F)n2-c2ccc(F)cc2)cc1[N+](=O)[O-]. The number of aromatic nitrogens is 3. The molecule has 0 atom stereocenters. The van der Waals surface area contributed by atoms with Crippen molar-refractivity contribution in [3.63, 3.8) is 0 Å². The number of rotatable bonds is 9. The maximum absolute atomic E-state index is 13.8.